The molecule has 5 rings (SSSR count). The molecule has 0 amide bonds. The molecular formula is C22H24O5. The first kappa shape index (κ1) is 17.0. The van der Waals surface area contributed by atoms with Crippen LogP contribution in [0.3, 0.4) is 0 Å². The average Bonchev–Trinajstić information content (AvgIpc) is 3.58. The van der Waals surface area contributed by atoms with Crippen LogP contribution in [0, 0.1) is 6.92 Å². The summed E-state index contributed by atoms with van der Waals surface area (Å²) < 4.78 is 23.2. The maximum atomic E-state index is 10.0. The highest BCUT2D eigenvalue weighted by atomic mass is 16.6. The normalized spacial score (nSPS) is 22.6. The Bertz CT molecular complexity index is 909. The summed E-state index contributed by atoms with van der Waals surface area (Å²) in [5.41, 5.74) is 4.33. The molecule has 27 heavy (non-hydrogen) atoms. The van der Waals surface area contributed by atoms with Gasteiger partial charge in [-0.2, -0.15) is 0 Å². The van der Waals surface area contributed by atoms with Gasteiger partial charge in [0.05, 0.1) is 19.8 Å². The molecule has 142 valence electrons. The van der Waals surface area contributed by atoms with Gasteiger partial charge in [-0.1, -0.05) is 18.2 Å². The lowest BCUT2D eigenvalue weighted by Crippen LogP contribution is -2.13. The van der Waals surface area contributed by atoms with Gasteiger partial charge in [0.25, 0.3) is 0 Å². The fourth-order valence-electron chi connectivity index (χ4n) is 3.86. The largest absolute Gasteiger partial charge is 0.490 e. The van der Waals surface area contributed by atoms with Gasteiger partial charge in [0.1, 0.15) is 36.9 Å². The van der Waals surface area contributed by atoms with Crippen LogP contribution in [-0.2, 0) is 28.9 Å². The summed E-state index contributed by atoms with van der Waals surface area (Å²) in [6.45, 7) is 4.64. The lowest BCUT2D eigenvalue weighted by molar-refractivity contribution is 0.257. The lowest BCUT2D eigenvalue weighted by atomic mass is 9.88. The van der Waals surface area contributed by atoms with Crippen LogP contribution >= 0.6 is 0 Å². The number of aryl methyl sites for hydroxylation is 1. The van der Waals surface area contributed by atoms with E-state index in [4.69, 9.17) is 18.9 Å². The van der Waals surface area contributed by atoms with E-state index in [2.05, 4.69) is 18.2 Å². The molecule has 2 atom stereocenters. The SMILES string of the molecule is Cc1cc(CO)c2c(OCC3CO3)c3c(c(OCC4CO4)c2c1)CC=CC3. The van der Waals surface area contributed by atoms with Gasteiger partial charge in [0.15, 0.2) is 0 Å². The number of aliphatic hydroxyl groups excluding tert-OH is 1. The van der Waals surface area contributed by atoms with E-state index >= 15 is 0 Å². The van der Waals surface area contributed by atoms with Crippen molar-refractivity contribution in [2.24, 2.45) is 0 Å². The van der Waals surface area contributed by atoms with E-state index in [1.165, 1.54) is 5.56 Å². The molecule has 3 aliphatic rings. The highest BCUT2D eigenvalue weighted by molar-refractivity contribution is 5.99. The first-order valence-corrected chi connectivity index (χ1v) is 9.60. The Hall–Kier alpha value is -2.08. The van der Waals surface area contributed by atoms with Gasteiger partial charge in [-0.15, -0.1) is 0 Å². The van der Waals surface area contributed by atoms with Gasteiger partial charge < -0.3 is 24.1 Å². The second-order valence-corrected chi connectivity index (χ2v) is 7.53. The Balaban J connectivity index is 1.71. The number of benzene rings is 2. The Morgan fingerprint density at radius 2 is 1.56 bits per heavy atom. The van der Waals surface area contributed by atoms with E-state index in [0.29, 0.717) is 13.2 Å². The standard InChI is InChI=1S/C22H24O5/c1-13-6-14(8-23)20-19(7-13)21(26-11-15-9-24-15)17-4-2-3-5-18(17)22(20)27-12-16-10-25-16/h2-3,6-7,15-16,23H,4-5,8-12H2,1H3. The number of ether oxygens (including phenoxy) is 4. The van der Waals surface area contributed by atoms with Crippen LogP contribution < -0.4 is 9.47 Å². The van der Waals surface area contributed by atoms with Gasteiger partial charge in [0.2, 0.25) is 0 Å². The van der Waals surface area contributed by atoms with Gasteiger partial charge in [-0.25, -0.2) is 0 Å². The first-order valence-electron chi connectivity index (χ1n) is 9.60. The van der Waals surface area contributed by atoms with E-state index in [1.54, 1.807) is 0 Å². The predicted octanol–water partition coefficient (Wildman–Crippen LogP) is 2.85. The van der Waals surface area contributed by atoms with Crippen molar-refractivity contribution < 1.29 is 24.1 Å². The number of allylic oxidation sites excluding steroid dienone is 2. The molecule has 5 nitrogen and oxygen atoms in total. The fourth-order valence-corrected chi connectivity index (χ4v) is 3.86. The van der Waals surface area contributed by atoms with Gasteiger partial charge in [0, 0.05) is 21.9 Å². The third-order valence-electron chi connectivity index (χ3n) is 5.36. The van der Waals surface area contributed by atoms with Gasteiger partial charge >= 0.3 is 0 Å². The minimum atomic E-state index is -0.0335. The topological polar surface area (TPSA) is 63.8 Å². The van der Waals surface area contributed by atoms with Crippen LogP contribution in [0.25, 0.3) is 10.8 Å². The van der Waals surface area contributed by atoms with E-state index < -0.39 is 0 Å². The summed E-state index contributed by atoms with van der Waals surface area (Å²) in [5.74, 6) is 1.78. The molecule has 0 aromatic heterocycles. The summed E-state index contributed by atoms with van der Waals surface area (Å²) in [7, 11) is 0. The van der Waals surface area contributed by atoms with E-state index in [0.717, 1.165) is 65.0 Å². The first-order chi connectivity index (χ1) is 13.2. The highest BCUT2D eigenvalue weighted by Crippen LogP contribution is 2.45. The van der Waals surface area contributed by atoms with Crippen LogP contribution in [0.5, 0.6) is 11.5 Å². The van der Waals surface area contributed by atoms with Crippen molar-refractivity contribution in [3.63, 3.8) is 0 Å². The quantitative estimate of drug-likeness (QED) is 0.601. The lowest BCUT2D eigenvalue weighted by Gasteiger charge is -2.25. The number of rotatable bonds is 7. The second kappa shape index (κ2) is 6.82. The maximum absolute atomic E-state index is 10.0. The van der Waals surface area contributed by atoms with Crippen molar-refractivity contribution in [1.82, 2.24) is 0 Å². The minimum Gasteiger partial charge on any atom is -0.490 e. The van der Waals surface area contributed by atoms with Crippen molar-refractivity contribution >= 4 is 10.8 Å². The second-order valence-electron chi connectivity index (χ2n) is 7.53. The molecular weight excluding hydrogens is 344 g/mol. The van der Waals surface area contributed by atoms with Gasteiger partial charge in [-0.3, -0.25) is 0 Å². The Labute approximate surface area is 158 Å². The van der Waals surface area contributed by atoms with Crippen LogP contribution in [-0.4, -0.2) is 43.7 Å². The molecule has 2 aromatic carbocycles. The van der Waals surface area contributed by atoms with E-state index in [9.17, 15) is 5.11 Å². The van der Waals surface area contributed by atoms with E-state index in [-0.39, 0.29) is 18.8 Å². The van der Waals surface area contributed by atoms with Crippen molar-refractivity contribution in [2.75, 3.05) is 26.4 Å². The van der Waals surface area contributed by atoms with E-state index in [1.807, 2.05) is 13.0 Å². The summed E-state index contributed by atoms with van der Waals surface area (Å²) in [6, 6.07) is 4.17. The van der Waals surface area contributed by atoms with Crippen LogP contribution in [0.1, 0.15) is 22.3 Å². The predicted molar refractivity (Wildman–Crippen MR) is 102 cm³/mol. The summed E-state index contributed by atoms with van der Waals surface area (Å²) >= 11 is 0. The molecule has 1 aliphatic carbocycles. The summed E-state index contributed by atoms with van der Waals surface area (Å²) in [6.07, 6.45) is 6.37. The molecule has 2 fully saturated rings. The highest BCUT2D eigenvalue weighted by Gasteiger charge is 2.29. The van der Waals surface area contributed by atoms with Crippen molar-refractivity contribution in [1.29, 1.82) is 0 Å². The summed E-state index contributed by atoms with van der Waals surface area (Å²) in [5, 5.41) is 12.0. The average molecular weight is 368 g/mol. The minimum absolute atomic E-state index is 0.0335. The Morgan fingerprint density at radius 1 is 0.963 bits per heavy atom. The monoisotopic (exact) mass is 368 g/mol. The van der Waals surface area contributed by atoms with Crippen LogP contribution in [0.2, 0.25) is 0 Å². The molecule has 2 saturated heterocycles. The van der Waals surface area contributed by atoms with Gasteiger partial charge in [-0.05, 0) is 37.0 Å². The van der Waals surface area contributed by atoms with Crippen LogP contribution in [0.4, 0.5) is 0 Å². The number of hydrogen-bond donors (Lipinski definition) is 1. The molecule has 0 spiro atoms. The molecule has 2 aliphatic heterocycles. The molecule has 0 bridgehead atoms. The molecule has 5 heteroatoms. The number of aliphatic hydroxyl groups is 1. The fraction of sp³-hybridized carbons (Fsp3) is 0.455. The third-order valence-corrected chi connectivity index (χ3v) is 5.36. The zero-order chi connectivity index (χ0) is 18.4. The van der Waals surface area contributed by atoms with Crippen LogP contribution in [0.15, 0.2) is 24.3 Å². The zero-order valence-corrected chi connectivity index (χ0v) is 15.5. The molecule has 2 unspecified atom stereocenters. The molecule has 0 saturated carbocycles. The number of hydrogen-bond acceptors (Lipinski definition) is 5. The molecule has 2 heterocycles. The summed E-state index contributed by atoms with van der Waals surface area (Å²) in [4.78, 5) is 0. The number of epoxide rings is 2. The third kappa shape index (κ3) is 3.31. The maximum Gasteiger partial charge on any atom is 0.131 e. The zero-order valence-electron chi connectivity index (χ0n) is 15.5. The Kier molecular flexibility index (Phi) is 4.31. The Morgan fingerprint density at radius 3 is 2.15 bits per heavy atom. The molecule has 2 aromatic rings. The molecule has 1 N–H and O–H groups in total. The number of fused-ring (bicyclic) bond motifs is 2. The molecule has 0 radical (unpaired) electrons. The van der Waals surface area contributed by atoms with Crippen molar-refractivity contribution in [3.05, 3.63) is 46.5 Å². The smallest absolute Gasteiger partial charge is 0.131 e. The van der Waals surface area contributed by atoms with Crippen molar-refractivity contribution in [3.8, 4) is 11.5 Å². The van der Waals surface area contributed by atoms with Crippen molar-refractivity contribution in [2.45, 2.75) is 38.6 Å².